The van der Waals surface area contributed by atoms with Crippen LogP contribution in [0.15, 0.2) is 17.1 Å². The molecule has 1 rings (SSSR count). The van der Waals surface area contributed by atoms with Crippen LogP contribution < -0.4 is 0 Å². The molecule has 0 heterocycles. The molecule has 21 heavy (non-hydrogen) atoms. The Balaban J connectivity index is 2.92. The molecule has 0 amide bonds. The molecule has 0 aliphatic rings. The van der Waals surface area contributed by atoms with E-state index in [-0.39, 0.29) is 5.41 Å². The van der Waals surface area contributed by atoms with Gasteiger partial charge in [-0.15, -0.1) is 0 Å². The molecule has 0 saturated carbocycles. The van der Waals surface area contributed by atoms with Crippen LogP contribution >= 0.6 is 0 Å². The van der Waals surface area contributed by atoms with Crippen LogP contribution in [0.1, 0.15) is 77.0 Å². The average Bonchev–Trinajstić information content (AvgIpc) is 2.37. The molecule has 2 nitrogen and oxygen atoms in total. The Morgan fingerprint density at radius 3 is 2.48 bits per heavy atom. The molecule has 1 atom stereocenters. The Bertz CT molecular complexity index is 483. The van der Waals surface area contributed by atoms with Gasteiger partial charge in [-0.2, -0.15) is 0 Å². The van der Waals surface area contributed by atoms with Crippen LogP contribution in [0.5, 0.6) is 5.75 Å². The second-order valence-corrected chi connectivity index (χ2v) is 7.07. The molecular formula is C19H31NO. The van der Waals surface area contributed by atoms with Gasteiger partial charge in [0.15, 0.2) is 0 Å². The third kappa shape index (κ3) is 5.18. The van der Waals surface area contributed by atoms with E-state index in [0.29, 0.717) is 11.8 Å². The fourth-order valence-electron chi connectivity index (χ4n) is 2.44. The highest BCUT2D eigenvalue weighted by Gasteiger charge is 2.20. The van der Waals surface area contributed by atoms with E-state index in [2.05, 4.69) is 45.7 Å². The van der Waals surface area contributed by atoms with Crippen LogP contribution in [0.25, 0.3) is 0 Å². The van der Waals surface area contributed by atoms with Gasteiger partial charge in [-0.25, -0.2) is 0 Å². The average molecular weight is 289 g/mol. The summed E-state index contributed by atoms with van der Waals surface area (Å²) in [5, 5.41) is 10.5. The third-order valence-corrected chi connectivity index (χ3v) is 3.93. The zero-order chi connectivity index (χ0) is 16.0. The minimum absolute atomic E-state index is 0.0624. The number of phenolic OH excluding ortho intramolecular Hbond substituents is 1. The van der Waals surface area contributed by atoms with Crippen LogP contribution in [0, 0.1) is 6.92 Å². The topological polar surface area (TPSA) is 32.6 Å². The fourth-order valence-corrected chi connectivity index (χ4v) is 2.44. The van der Waals surface area contributed by atoms with Gasteiger partial charge in [0.2, 0.25) is 0 Å². The third-order valence-electron chi connectivity index (χ3n) is 3.93. The number of hydrogen-bond acceptors (Lipinski definition) is 2. The molecular weight excluding hydrogens is 258 g/mol. The number of hydrogen-bond donors (Lipinski definition) is 1. The van der Waals surface area contributed by atoms with Gasteiger partial charge in [-0.1, -0.05) is 59.1 Å². The van der Waals surface area contributed by atoms with Gasteiger partial charge < -0.3 is 5.11 Å². The van der Waals surface area contributed by atoms with Crippen molar-refractivity contribution in [3.63, 3.8) is 0 Å². The predicted molar refractivity (Wildman–Crippen MR) is 92.7 cm³/mol. The maximum atomic E-state index is 10.5. The zero-order valence-electron chi connectivity index (χ0n) is 14.5. The number of benzene rings is 1. The van der Waals surface area contributed by atoms with Crippen molar-refractivity contribution in [2.45, 2.75) is 78.7 Å². The second kappa shape index (κ2) is 7.63. The number of aryl methyl sites for hydroxylation is 1. The Labute approximate surface area is 130 Å². The maximum Gasteiger partial charge on any atom is 0.128 e. The summed E-state index contributed by atoms with van der Waals surface area (Å²) < 4.78 is 0. The molecule has 1 unspecified atom stereocenters. The van der Waals surface area contributed by atoms with Gasteiger partial charge in [-0.05, 0) is 36.8 Å². The zero-order valence-corrected chi connectivity index (χ0v) is 14.5. The fraction of sp³-hybridized carbons (Fsp3) is 0.632. The van der Waals surface area contributed by atoms with E-state index in [1.165, 1.54) is 19.3 Å². The van der Waals surface area contributed by atoms with Crippen LogP contribution in [0.3, 0.4) is 0 Å². The van der Waals surface area contributed by atoms with E-state index in [4.69, 9.17) is 0 Å². The molecule has 0 bridgehead atoms. The summed E-state index contributed by atoms with van der Waals surface area (Å²) in [6.45, 7) is 12.7. The smallest absolute Gasteiger partial charge is 0.128 e. The SMILES string of the molecule is CCCCCC(C)N=Cc1c(C)ccc(C(C)(C)C)c1O. The molecule has 0 fully saturated rings. The van der Waals surface area contributed by atoms with Gasteiger partial charge in [0, 0.05) is 17.8 Å². The molecule has 0 aliphatic heterocycles. The van der Waals surface area contributed by atoms with Crippen molar-refractivity contribution < 1.29 is 5.11 Å². The summed E-state index contributed by atoms with van der Waals surface area (Å²) >= 11 is 0. The Hall–Kier alpha value is -1.31. The lowest BCUT2D eigenvalue weighted by atomic mass is 9.84. The van der Waals surface area contributed by atoms with Gasteiger partial charge in [0.25, 0.3) is 0 Å². The van der Waals surface area contributed by atoms with Crippen molar-refractivity contribution in [1.29, 1.82) is 0 Å². The molecule has 0 aliphatic carbocycles. The monoisotopic (exact) mass is 289 g/mol. The molecule has 1 aromatic carbocycles. The maximum absolute atomic E-state index is 10.5. The number of phenols is 1. The lowest BCUT2D eigenvalue weighted by Crippen LogP contribution is -2.12. The van der Waals surface area contributed by atoms with E-state index in [1.54, 1.807) is 0 Å². The Morgan fingerprint density at radius 2 is 1.90 bits per heavy atom. The first kappa shape index (κ1) is 17.7. The predicted octanol–water partition coefficient (Wildman–Crippen LogP) is 5.39. The van der Waals surface area contributed by atoms with Crippen LogP contribution in [0.2, 0.25) is 0 Å². The summed E-state index contributed by atoms with van der Waals surface area (Å²) in [6, 6.07) is 4.41. The first-order chi connectivity index (χ1) is 9.77. The van der Waals surface area contributed by atoms with Gasteiger partial charge in [-0.3, -0.25) is 4.99 Å². The second-order valence-electron chi connectivity index (χ2n) is 7.07. The molecule has 0 aromatic heterocycles. The number of aliphatic imine (C=N–C) groups is 1. The van der Waals surface area contributed by atoms with Crippen molar-refractivity contribution in [2.24, 2.45) is 4.99 Å². The standard InChI is InChI=1S/C19H31NO/c1-7-8-9-10-15(3)20-13-16-14(2)11-12-17(18(16)21)19(4,5)6/h11-13,15,21H,7-10H2,1-6H3. The van der Waals surface area contributed by atoms with E-state index in [9.17, 15) is 5.11 Å². The molecule has 1 aromatic rings. The molecule has 2 heteroatoms. The van der Waals surface area contributed by atoms with Crippen LogP contribution in [-0.4, -0.2) is 17.4 Å². The van der Waals surface area contributed by atoms with Crippen LogP contribution in [0.4, 0.5) is 0 Å². The summed E-state index contributed by atoms with van der Waals surface area (Å²) in [6.07, 6.45) is 6.70. The molecule has 118 valence electrons. The number of unbranched alkanes of at least 4 members (excludes halogenated alkanes) is 2. The first-order valence-electron chi connectivity index (χ1n) is 8.13. The van der Waals surface area contributed by atoms with Crippen molar-refractivity contribution in [3.05, 3.63) is 28.8 Å². The summed E-state index contributed by atoms with van der Waals surface area (Å²) in [5.41, 5.74) is 2.86. The molecule has 0 saturated heterocycles. The molecule has 0 spiro atoms. The van der Waals surface area contributed by atoms with E-state index in [1.807, 2.05) is 19.2 Å². The van der Waals surface area contributed by atoms with Gasteiger partial charge in [0.05, 0.1) is 0 Å². The van der Waals surface area contributed by atoms with Crippen molar-refractivity contribution in [1.82, 2.24) is 0 Å². The largest absolute Gasteiger partial charge is 0.507 e. The lowest BCUT2D eigenvalue weighted by Gasteiger charge is -2.22. The van der Waals surface area contributed by atoms with Gasteiger partial charge >= 0.3 is 0 Å². The minimum Gasteiger partial charge on any atom is -0.507 e. The molecule has 1 N–H and O–H groups in total. The van der Waals surface area contributed by atoms with Crippen molar-refractivity contribution in [3.8, 4) is 5.75 Å². The lowest BCUT2D eigenvalue weighted by molar-refractivity contribution is 0.445. The normalized spacial score (nSPS) is 13.8. The number of nitrogens with zero attached hydrogens (tertiary/aromatic N) is 1. The van der Waals surface area contributed by atoms with E-state index >= 15 is 0 Å². The molecule has 0 radical (unpaired) electrons. The van der Waals surface area contributed by atoms with Crippen molar-refractivity contribution in [2.75, 3.05) is 0 Å². The quantitative estimate of drug-likeness (QED) is 0.553. The highest BCUT2D eigenvalue weighted by atomic mass is 16.3. The van der Waals surface area contributed by atoms with Gasteiger partial charge in [0.1, 0.15) is 5.75 Å². The number of rotatable bonds is 6. The summed E-state index contributed by atoms with van der Waals surface area (Å²) in [7, 11) is 0. The highest BCUT2D eigenvalue weighted by Crippen LogP contribution is 2.34. The van der Waals surface area contributed by atoms with E-state index in [0.717, 1.165) is 23.1 Å². The van der Waals surface area contributed by atoms with Crippen molar-refractivity contribution >= 4 is 6.21 Å². The Morgan fingerprint density at radius 1 is 1.24 bits per heavy atom. The summed E-state index contributed by atoms with van der Waals surface area (Å²) in [5.74, 6) is 0.381. The summed E-state index contributed by atoms with van der Waals surface area (Å²) in [4.78, 5) is 4.63. The Kier molecular flexibility index (Phi) is 6.44. The highest BCUT2D eigenvalue weighted by molar-refractivity contribution is 5.86. The van der Waals surface area contributed by atoms with E-state index < -0.39 is 0 Å². The van der Waals surface area contributed by atoms with Crippen LogP contribution in [-0.2, 0) is 5.41 Å². The number of aromatic hydroxyl groups is 1. The minimum atomic E-state index is -0.0624. The first-order valence-corrected chi connectivity index (χ1v) is 8.13.